The van der Waals surface area contributed by atoms with Gasteiger partial charge in [0.1, 0.15) is 19.3 Å². The van der Waals surface area contributed by atoms with Crippen molar-refractivity contribution in [3.63, 3.8) is 0 Å². The van der Waals surface area contributed by atoms with Gasteiger partial charge >= 0.3 is 0 Å². The van der Waals surface area contributed by atoms with Gasteiger partial charge in [-0.15, -0.1) is 0 Å². The Balaban J connectivity index is 2.82. The Morgan fingerprint density at radius 2 is 1.87 bits per heavy atom. The number of allylic oxidation sites excluding steroid dienone is 1. The minimum Gasteiger partial charge on any atom is -0.335 e. The van der Waals surface area contributed by atoms with Crippen LogP contribution in [-0.2, 0) is 0 Å². The Morgan fingerprint density at radius 3 is 2.40 bits per heavy atom. The number of anilines is 1. The van der Waals surface area contributed by atoms with Crippen molar-refractivity contribution in [2.24, 2.45) is 0 Å². The molecule has 0 amide bonds. The van der Waals surface area contributed by atoms with Crippen LogP contribution in [0.3, 0.4) is 0 Å². The van der Waals surface area contributed by atoms with Crippen LogP contribution < -0.4 is 4.90 Å². The van der Waals surface area contributed by atoms with Crippen molar-refractivity contribution in [3.8, 4) is 0 Å². The van der Waals surface area contributed by atoms with Crippen LogP contribution >= 0.6 is 11.6 Å². The van der Waals surface area contributed by atoms with Crippen LogP contribution in [0.2, 0.25) is 0 Å². The molecule has 2 nitrogen and oxygen atoms in total. The second kappa shape index (κ2) is 5.56. The molecule has 0 spiro atoms. The summed E-state index contributed by atoms with van der Waals surface area (Å²) in [6, 6.07) is 10.0. The predicted octanol–water partition coefficient (Wildman–Crippen LogP) is 2.55. The van der Waals surface area contributed by atoms with Crippen LogP contribution in [0.1, 0.15) is 0 Å². The highest BCUT2D eigenvalue weighted by Gasteiger charge is 2.02. The molecule has 0 aliphatic rings. The molecule has 1 rings (SSSR count). The lowest BCUT2D eigenvalue weighted by Crippen LogP contribution is -2.13. The van der Waals surface area contributed by atoms with E-state index in [2.05, 4.69) is 0 Å². The Morgan fingerprint density at radius 1 is 1.27 bits per heavy atom. The van der Waals surface area contributed by atoms with Crippen LogP contribution in [0.5, 0.6) is 0 Å². The zero-order chi connectivity index (χ0) is 11.3. The first kappa shape index (κ1) is 11.8. The predicted molar refractivity (Wildman–Crippen MR) is 67.0 cm³/mol. The fourth-order valence-electron chi connectivity index (χ4n) is 1.10. The van der Waals surface area contributed by atoms with Crippen molar-refractivity contribution in [3.05, 3.63) is 41.6 Å². The maximum Gasteiger partial charge on any atom is 0.165 e. The quantitative estimate of drug-likeness (QED) is 0.434. The number of benzene rings is 1. The maximum absolute atomic E-state index is 6.14. The van der Waals surface area contributed by atoms with Crippen molar-refractivity contribution in [1.29, 1.82) is 0 Å². The molecule has 0 heterocycles. The number of nitrogens with zero attached hydrogens (tertiary/aromatic N) is 2. The van der Waals surface area contributed by atoms with Crippen LogP contribution in [0, 0.1) is 0 Å². The fraction of sp³-hybridized carbons (Fsp3) is 0.250. The number of rotatable bonds is 3. The summed E-state index contributed by atoms with van der Waals surface area (Å²) in [5.74, 6) is 0. The van der Waals surface area contributed by atoms with Crippen molar-refractivity contribution in [1.82, 2.24) is 0 Å². The van der Waals surface area contributed by atoms with Crippen molar-refractivity contribution in [2.45, 2.75) is 0 Å². The van der Waals surface area contributed by atoms with Crippen molar-refractivity contribution in [2.75, 3.05) is 26.0 Å². The molecular weight excluding hydrogens is 208 g/mol. The largest absolute Gasteiger partial charge is 0.335 e. The SMILES string of the molecule is CN(/C(Cl)=C/C=[N+](C)C)c1ccccc1. The molecule has 80 valence electrons. The Labute approximate surface area is 96.1 Å². The highest BCUT2D eigenvalue weighted by atomic mass is 35.5. The summed E-state index contributed by atoms with van der Waals surface area (Å²) in [6.07, 6.45) is 3.79. The van der Waals surface area contributed by atoms with Gasteiger partial charge in [-0.05, 0) is 12.1 Å². The second-order valence-corrected chi connectivity index (χ2v) is 3.88. The van der Waals surface area contributed by atoms with E-state index >= 15 is 0 Å². The van der Waals surface area contributed by atoms with Gasteiger partial charge in [-0.25, -0.2) is 4.58 Å². The highest BCUT2D eigenvalue weighted by molar-refractivity contribution is 6.32. The average Bonchev–Trinajstić information content (AvgIpc) is 2.26. The molecular formula is C12H16ClN2+. The first-order valence-corrected chi connectivity index (χ1v) is 5.15. The molecule has 0 saturated heterocycles. The van der Waals surface area contributed by atoms with E-state index in [9.17, 15) is 0 Å². The molecule has 0 bridgehead atoms. The van der Waals surface area contributed by atoms with Gasteiger partial charge in [0.15, 0.2) is 6.21 Å². The topological polar surface area (TPSA) is 6.25 Å². The summed E-state index contributed by atoms with van der Waals surface area (Å²) in [6.45, 7) is 0. The van der Waals surface area contributed by atoms with Gasteiger partial charge in [-0.2, -0.15) is 0 Å². The lowest BCUT2D eigenvalue weighted by molar-refractivity contribution is -0.458. The van der Waals surface area contributed by atoms with Gasteiger partial charge in [0.2, 0.25) is 0 Å². The van der Waals surface area contributed by atoms with Gasteiger partial charge in [0.25, 0.3) is 0 Å². The molecule has 0 unspecified atom stereocenters. The van der Waals surface area contributed by atoms with E-state index in [1.807, 2.05) is 73.2 Å². The first-order valence-electron chi connectivity index (χ1n) is 4.77. The molecule has 15 heavy (non-hydrogen) atoms. The number of para-hydroxylation sites is 1. The van der Waals surface area contributed by atoms with Gasteiger partial charge in [-0.3, -0.25) is 0 Å². The van der Waals surface area contributed by atoms with Crippen LogP contribution in [0.25, 0.3) is 0 Å². The van der Waals surface area contributed by atoms with Crippen LogP contribution in [-0.4, -0.2) is 31.9 Å². The smallest absolute Gasteiger partial charge is 0.165 e. The zero-order valence-corrected chi connectivity index (χ0v) is 10.1. The first-order chi connectivity index (χ1) is 7.11. The summed E-state index contributed by atoms with van der Waals surface area (Å²) in [5.41, 5.74) is 1.07. The molecule has 0 aromatic heterocycles. The zero-order valence-electron chi connectivity index (χ0n) is 9.31. The molecule has 0 saturated carbocycles. The van der Waals surface area contributed by atoms with Crippen LogP contribution in [0.15, 0.2) is 41.6 Å². The molecule has 0 N–H and O–H groups in total. The second-order valence-electron chi connectivity index (χ2n) is 3.50. The number of hydrogen-bond donors (Lipinski definition) is 0. The summed E-state index contributed by atoms with van der Waals surface area (Å²) in [7, 11) is 5.87. The molecule has 1 aromatic carbocycles. The van der Waals surface area contributed by atoms with E-state index in [1.165, 1.54) is 0 Å². The van der Waals surface area contributed by atoms with Crippen LogP contribution in [0.4, 0.5) is 5.69 Å². The van der Waals surface area contributed by atoms with E-state index < -0.39 is 0 Å². The molecule has 0 aliphatic heterocycles. The molecule has 0 fully saturated rings. The molecule has 3 heteroatoms. The summed E-state index contributed by atoms with van der Waals surface area (Å²) in [4.78, 5) is 1.93. The average molecular weight is 224 g/mol. The Bertz CT molecular complexity index is 364. The fourth-order valence-corrected chi connectivity index (χ4v) is 1.25. The van der Waals surface area contributed by atoms with E-state index in [1.54, 1.807) is 0 Å². The molecule has 0 radical (unpaired) electrons. The lowest BCUT2D eigenvalue weighted by Gasteiger charge is -2.17. The normalized spacial score (nSPS) is 11.1. The third kappa shape index (κ3) is 3.76. The van der Waals surface area contributed by atoms with Gasteiger partial charge in [0, 0.05) is 18.8 Å². The minimum atomic E-state index is 0.690. The Kier molecular flexibility index (Phi) is 4.37. The van der Waals surface area contributed by atoms with E-state index in [4.69, 9.17) is 11.6 Å². The van der Waals surface area contributed by atoms with E-state index in [-0.39, 0.29) is 0 Å². The summed E-state index contributed by atoms with van der Waals surface area (Å²) < 4.78 is 1.95. The highest BCUT2D eigenvalue weighted by Crippen LogP contribution is 2.18. The molecule has 1 aromatic rings. The van der Waals surface area contributed by atoms with Crippen molar-refractivity contribution < 1.29 is 4.58 Å². The third-order valence-electron chi connectivity index (χ3n) is 1.97. The lowest BCUT2D eigenvalue weighted by atomic mass is 10.3. The minimum absolute atomic E-state index is 0.690. The van der Waals surface area contributed by atoms with Gasteiger partial charge in [-0.1, -0.05) is 29.8 Å². The van der Waals surface area contributed by atoms with Crippen molar-refractivity contribution >= 4 is 23.5 Å². The van der Waals surface area contributed by atoms with E-state index in [0.29, 0.717) is 5.16 Å². The number of halogens is 1. The Hall–Kier alpha value is -1.28. The standard InChI is InChI=1S/C12H16ClN2/c1-14(2)10-9-12(13)15(3)11-7-5-4-6-8-11/h4-10H,1-3H3/q+1. The maximum atomic E-state index is 6.14. The van der Waals surface area contributed by atoms with Gasteiger partial charge in [0.05, 0.1) is 0 Å². The monoisotopic (exact) mass is 223 g/mol. The third-order valence-corrected chi connectivity index (χ3v) is 2.35. The molecule has 0 atom stereocenters. The number of hydrogen-bond acceptors (Lipinski definition) is 1. The summed E-state index contributed by atoms with van der Waals surface area (Å²) in [5, 5.41) is 0.690. The van der Waals surface area contributed by atoms with Gasteiger partial charge < -0.3 is 4.90 Å². The molecule has 0 aliphatic carbocycles. The van der Waals surface area contributed by atoms with E-state index in [0.717, 1.165) is 5.69 Å². The summed E-state index contributed by atoms with van der Waals surface area (Å²) >= 11 is 6.14.